The maximum absolute atomic E-state index is 12.0. The molecule has 2 heterocycles. The summed E-state index contributed by atoms with van der Waals surface area (Å²) >= 11 is 6.06. The van der Waals surface area contributed by atoms with E-state index in [4.69, 9.17) is 16.7 Å². The molecule has 1 fully saturated rings. The van der Waals surface area contributed by atoms with Crippen LogP contribution in [0.2, 0.25) is 5.02 Å². The number of rotatable bonds is 5. The molecule has 2 rings (SSSR count). The Morgan fingerprint density at radius 3 is 2.65 bits per heavy atom. The number of aromatic nitrogens is 1. The highest BCUT2D eigenvalue weighted by atomic mass is 35.5. The summed E-state index contributed by atoms with van der Waals surface area (Å²) in [5, 5.41) is 19.2. The third kappa shape index (κ3) is 3.92. The molecule has 10 heteroatoms. The van der Waals surface area contributed by atoms with Crippen LogP contribution in [0.25, 0.3) is 0 Å². The van der Waals surface area contributed by atoms with Crippen LogP contribution < -0.4 is 4.90 Å². The Hall–Kier alpha value is -1.42. The van der Waals surface area contributed by atoms with E-state index in [2.05, 4.69) is 4.98 Å². The maximum atomic E-state index is 12.0. The number of halogens is 1. The van der Waals surface area contributed by atoms with E-state index < -0.39 is 28.0 Å². The van der Waals surface area contributed by atoms with Crippen molar-refractivity contribution in [3.8, 4) is 0 Å². The van der Waals surface area contributed by atoms with Gasteiger partial charge in [0.25, 0.3) is 0 Å². The molecule has 0 aromatic carbocycles. The Labute approximate surface area is 139 Å². The monoisotopic (exact) mass is 363 g/mol. The van der Waals surface area contributed by atoms with Crippen molar-refractivity contribution in [3.05, 3.63) is 22.8 Å². The largest absolute Gasteiger partial charge is 0.478 e. The molecular weight excluding hydrogens is 346 g/mol. The molecule has 0 spiro atoms. The summed E-state index contributed by atoms with van der Waals surface area (Å²) in [6.45, 7) is 0.458. The van der Waals surface area contributed by atoms with E-state index in [1.54, 1.807) is 4.90 Å². The minimum atomic E-state index is -3.43. The Kier molecular flexibility index (Phi) is 5.14. The number of carboxylic acid groups (broad SMARTS) is 1. The number of aliphatic hydroxyl groups is 1. The van der Waals surface area contributed by atoms with Gasteiger partial charge in [0.2, 0.25) is 10.0 Å². The molecule has 2 atom stereocenters. The fourth-order valence-corrected chi connectivity index (χ4v) is 3.84. The molecule has 0 saturated carbocycles. The van der Waals surface area contributed by atoms with Crippen molar-refractivity contribution in [2.75, 3.05) is 37.8 Å². The van der Waals surface area contributed by atoms with Crippen LogP contribution in [0.4, 0.5) is 5.82 Å². The van der Waals surface area contributed by atoms with Crippen LogP contribution in [0.1, 0.15) is 10.4 Å². The first-order chi connectivity index (χ1) is 10.6. The summed E-state index contributed by atoms with van der Waals surface area (Å²) < 4.78 is 25.0. The molecule has 1 aliphatic rings. The highest BCUT2D eigenvalue weighted by molar-refractivity contribution is 7.89. The summed E-state index contributed by atoms with van der Waals surface area (Å²) in [7, 11) is -0.549. The molecule has 2 N–H and O–H groups in total. The van der Waals surface area contributed by atoms with Gasteiger partial charge in [0.15, 0.2) is 0 Å². The molecule has 1 aromatic heterocycles. The second kappa shape index (κ2) is 6.60. The van der Waals surface area contributed by atoms with Gasteiger partial charge >= 0.3 is 5.97 Å². The Balaban J connectivity index is 2.17. The van der Waals surface area contributed by atoms with Gasteiger partial charge in [-0.25, -0.2) is 22.5 Å². The quantitative estimate of drug-likeness (QED) is 0.764. The summed E-state index contributed by atoms with van der Waals surface area (Å²) in [4.78, 5) is 16.6. The van der Waals surface area contributed by atoms with Crippen LogP contribution in [0.5, 0.6) is 0 Å². The zero-order valence-electron chi connectivity index (χ0n) is 12.7. The zero-order valence-corrected chi connectivity index (χ0v) is 14.3. The van der Waals surface area contributed by atoms with Gasteiger partial charge in [-0.1, -0.05) is 11.6 Å². The van der Waals surface area contributed by atoms with Crippen LogP contribution in [-0.4, -0.2) is 72.9 Å². The average molecular weight is 364 g/mol. The fourth-order valence-electron chi connectivity index (χ4n) is 2.39. The number of aromatic carboxylic acids is 1. The maximum Gasteiger partial charge on any atom is 0.337 e. The van der Waals surface area contributed by atoms with Crippen molar-refractivity contribution >= 4 is 33.4 Å². The third-order valence-corrected chi connectivity index (χ3v) is 6.00. The fraction of sp³-hybridized carbons (Fsp3) is 0.538. The standard InChI is InChI=1S/C13H18ClN3O5S/c1-16(2)23(21,22)7-9-5-17(6-11(9)18)12-10(14)3-8(4-15-12)13(19)20/h3-4,9,11,18H,5-7H2,1-2H3,(H,19,20)/t9-,11+/m0/s1. The number of β-amino-alcohol motifs (C(OH)–C–C–N with tert-alkyl or cyclic N) is 1. The van der Waals surface area contributed by atoms with Gasteiger partial charge in [-0.05, 0) is 6.07 Å². The van der Waals surface area contributed by atoms with Gasteiger partial charge < -0.3 is 15.1 Å². The Bertz CT molecular complexity index is 710. The van der Waals surface area contributed by atoms with Crippen molar-refractivity contribution in [2.24, 2.45) is 5.92 Å². The molecule has 8 nitrogen and oxygen atoms in total. The van der Waals surface area contributed by atoms with E-state index in [1.165, 1.54) is 26.4 Å². The summed E-state index contributed by atoms with van der Waals surface area (Å²) in [6.07, 6.45) is 0.349. The van der Waals surface area contributed by atoms with Gasteiger partial charge in [0, 0.05) is 39.3 Å². The first-order valence-electron chi connectivity index (χ1n) is 6.84. The number of anilines is 1. The van der Waals surface area contributed by atoms with Gasteiger partial charge in [-0.15, -0.1) is 0 Å². The predicted octanol–water partition coefficient (Wildman–Crippen LogP) is 0.122. The van der Waals surface area contributed by atoms with Crippen molar-refractivity contribution < 1.29 is 23.4 Å². The normalized spacial score (nSPS) is 21.9. The number of nitrogens with zero attached hydrogens (tertiary/aromatic N) is 3. The summed E-state index contributed by atoms with van der Waals surface area (Å²) in [5.41, 5.74) is -0.0368. The van der Waals surface area contributed by atoms with Gasteiger partial charge in [-0.3, -0.25) is 0 Å². The third-order valence-electron chi connectivity index (χ3n) is 3.76. The van der Waals surface area contributed by atoms with Gasteiger partial charge in [-0.2, -0.15) is 0 Å². The molecule has 1 saturated heterocycles. The SMILES string of the molecule is CN(C)S(=O)(=O)C[C@@H]1CN(c2ncc(C(=O)O)cc2Cl)C[C@H]1O. The first kappa shape index (κ1) is 17.9. The van der Waals surface area contributed by atoms with E-state index in [-0.39, 0.29) is 29.4 Å². The molecule has 0 aliphatic carbocycles. The highest BCUT2D eigenvalue weighted by Gasteiger charge is 2.36. The number of pyridine rings is 1. The van der Waals surface area contributed by atoms with Crippen molar-refractivity contribution in [1.82, 2.24) is 9.29 Å². The van der Waals surface area contributed by atoms with Crippen molar-refractivity contribution in [2.45, 2.75) is 6.10 Å². The molecule has 1 aliphatic heterocycles. The summed E-state index contributed by atoms with van der Waals surface area (Å²) in [6, 6.07) is 1.28. The number of carboxylic acids is 1. The Morgan fingerprint density at radius 1 is 1.48 bits per heavy atom. The second-order valence-electron chi connectivity index (χ2n) is 5.63. The van der Waals surface area contributed by atoms with Crippen LogP contribution in [0, 0.1) is 5.92 Å². The van der Waals surface area contributed by atoms with Gasteiger partial charge in [0.05, 0.1) is 22.4 Å². The molecular formula is C13H18ClN3O5S. The molecule has 1 aromatic rings. The number of sulfonamides is 1. The summed E-state index contributed by atoms with van der Waals surface area (Å²) in [5.74, 6) is -1.45. The second-order valence-corrected chi connectivity index (χ2v) is 8.26. The zero-order chi connectivity index (χ0) is 17.4. The molecule has 0 radical (unpaired) electrons. The van der Waals surface area contributed by atoms with Crippen molar-refractivity contribution in [3.63, 3.8) is 0 Å². The molecule has 23 heavy (non-hydrogen) atoms. The van der Waals surface area contributed by atoms with Crippen LogP contribution in [0.3, 0.4) is 0 Å². The smallest absolute Gasteiger partial charge is 0.337 e. The molecule has 0 bridgehead atoms. The predicted molar refractivity (Wildman–Crippen MR) is 85.4 cm³/mol. The van der Waals surface area contributed by atoms with Crippen LogP contribution >= 0.6 is 11.6 Å². The van der Waals surface area contributed by atoms with E-state index in [0.717, 1.165) is 4.31 Å². The molecule has 0 amide bonds. The number of aliphatic hydroxyl groups excluding tert-OH is 1. The van der Waals surface area contributed by atoms with E-state index >= 15 is 0 Å². The number of carbonyl (C=O) groups is 1. The number of hydrogen-bond acceptors (Lipinski definition) is 6. The Morgan fingerprint density at radius 2 is 2.13 bits per heavy atom. The lowest BCUT2D eigenvalue weighted by Gasteiger charge is -2.19. The average Bonchev–Trinajstić information content (AvgIpc) is 2.78. The van der Waals surface area contributed by atoms with E-state index in [1.807, 2.05) is 0 Å². The molecule has 128 valence electrons. The molecule has 0 unspecified atom stereocenters. The minimum Gasteiger partial charge on any atom is -0.478 e. The van der Waals surface area contributed by atoms with Crippen LogP contribution in [0.15, 0.2) is 12.3 Å². The topological polar surface area (TPSA) is 111 Å². The van der Waals surface area contributed by atoms with Crippen LogP contribution in [-0.2, 0) is 10.0 Å². The highest BCUT2D eigenvalue weighted by Crippen LogP contribution is 2.30. The van der Waals surface area contributed by atoms with E-state index in [0.29, 0.717) is 5.82 Å². The van der Waals surface area contributed by atoms with Gasteiger partial charge in [0.1, 0.15) is 5.82 Å². The number of hydrogen-bond donors (Lipinski definition) is 2. The minimum absolute atomic E-state index is 0.0368. The lowest BCUT2D eigenvalue weighted by atomic mass is 10.1. The lowest BCUT2D eigenvalue weighted by molar-refractivity contribution is 0.0696. The first-order valence-corrected chi connectivity index (χ1v) is 8.82. The lowest BCUT2D eigenvalue weighted by Crippen LogP contribution is -2.33. The van der Waals surface area contributed by atoms with Crippen molar-refractivity contribution in [1.29, 1.82) is 0 Å². The van der Waals surface area contributed by atoms with E-state index in [9.17, 15) is 18.3 Å².